The van der Waals surface area contributed by atoms with Gasteiger partial charge in [0, 0.05) is 30.3 Å². The molecular weight excluding hydrogens is 329 g/mol. The van der Waals surface area contributed by atoms with E-state index in [-0.39, 0.29) is 11.7 Å². The summed E-state index contributed by atoms with van der Waals surface area (Å²) in [6.07, 6.45) is 2.56. The molecular formula is C21H26FN3O. The summed E-state index contributed by atoms with van der Waals surface area (Å²) in [5.41, 5.74) is 4.63. The number of hydrogen-bond acceptors (Lipinski definition) is 3. The fourth-order valence-electron chi connectivity index (χ4n) is 3.42. The molecule has 5 heteroatoms. The molecule has 0 spiro atoms. The van der Waals surface area contributed by atoms with Gasteiger partial charge in [0.1, 0.15) is 11.6 Å². The van der Waals surface area contributed by atoms with Crippen molar-refractivity contribution < 1.29 is 8.81 Å². The Morgan fingerprint density at radius 2 is 1.96 bits per heavy atom. The van der Waals surface area contributed by atoms with E-state index in [1.54, 1.807) is 6.26 Å². The Hall–Kier alpha value is -2.40. The van der Waals surface area contributed by atoms with Gasteiger partial charge < -0.3 is 9.73 Å². The number of hydrogen-bond donors (Lipinski definition) is 1. The lowest BCUT2D eigenvalue weighted by molar-refractivity contribution is 0.466. The van der Waals surface area contributed by atoms with Gasteiger partial charge in [0.2, 0.25) is 0 Å². The predicted molar refractivity (Wildman–Crippen MR) is 101 cm³/mol. The Morgan fingerprint density at radius 1 is 1.19 bits per heavy atom. The van der Waals surface area contributed by atoms with E-state index in [0.717, 1.165) is 43.1 Å². The van der Waals surface area contributed by atoms with Crippen LogP contribution in [0.2, 0.25) is 0 Å². The number of aromatic nitrogens is 2. The van der Waals surface area contributed by atoms with Crippen LogP contribution in [-0.4, -0.2) is 16.3 Å². The van der Waals surface area contributed by atoms with Crippen molar-refractivity contribution in [2.45, 2.75) is 46.2 Å². The van der Waals surface area contributed by atoms with E-state index in [4.69, 9.17) is 4.42 Å². The van der Waals surface area contributed by atoms with Gasteiger partial charge in [0.15, 0.2) is 0 Å². The largest absolute Gasteiger partial charge is 0.469 e. The minimum atomic E-state index is -0.219. The minimum absolute atomic E-state index is 0.110. The lowest BCUT2D eigenvalue weighted by atomic mass is 9.93. The highest BCUT2D eigenvalue weighted by atomic mass is 19.1. The topological polar surface area (TPSA) is 43.0 Å². The Kier molecular flexibility index (Phi) is 5.89. The maximum absolute atomic E-state index is 13.2. The van der Waals surface area contributed by atoms with Crippen molar-refractivity contribution in [3.8, 4) is 0 Å². The molecule has 26 heavy (non-hydrogen) atoms. The summed E-state index contributed by atoms with van der Waals surface area (Å²) in [7, 11) is 0. The van der Waals surface area contributed by atoms with Gasteiger partial charge in [0.25, 0.3) is 0 Å². The predicted octanol–water partition coefficient (Wildman–Crippen LogP) is 4.56. The number of benzene rings is 1. The van der Waals surface area contributed by atoms with Gasteiger partial charge in [-0.25, -0.2) is 4.39 Å². The van der Waals surface area contributed by atoms with E-state index in [1.807, 2.05) is 28.9 Å². The Labute approximate surface area is 154 Å². The Morgan fingerprint density at radius 3 is 2.58 bits per heavy atom. The second-order valence-electron chi connectivity index (χ2n) is 6.55. The zero-order chi connectivity index (χ0) is 18.5. The molecule has 0 fully saturated rings. The van der Waals surface area contributed by atoms with E-state index in [0.29, 0.717) is 0 Å². The third kappa shape index (κ3) is 4.05. The van der Waals surface area contributed by atoms with E-state index in [1.165, 1.54) is 23.4 Å². The first-order valence-corrected chi connectivity index (χ1v) is 9.12. The van der Waals surface area contributed by atoms with Crippen molar-refractivity contribution in [2.75, 3.05) is 6.54 Å². The average molecular weight is 355 g/mol. The highest BCUT2D eigenvalue weighted by molar-refractivity contribution is 5.28. The maximum atomic E-state index is 13.2. The summed E-state index contributed by atoms with van der Waals surface area (Å²) in [6.45, 7) is 8.79. The highest BCUT2D eigenvalue weighted by Gasteiger charge is 2.17. The van der Waals surface area contributed by atoms with Gasteiger partial charge >= 0.3 is 0 Å². The van der Waals surface area contributed by atoms with Gasteiger partial charge in [-0.2, -0.15) is 5.10 Å². The van der Waals surface area contributed by atoms with Gasteiger partial charge in [-0.15, -0.1) is 0 Å². The lowest BCUT2D eigenvalue weighted by Gasteiger charge is -2.16. The SMILES string of the molecule is CCn1nc(C)c(CNCCC(c2ccc(F)cc2)c2ccco2)c1C. The molecule has 0 amide bonds. The number of furan rings is 1. The van der Waals surface area contributed by atoms with Crippen molar-refractivity contribution in [1.82, 2.24) is 15.1 Å². The standard InChI is InChI=1S/C21H26FN3O/c1-4-25-16(3)20(15(2)24-25)14-23-12-11-19(21-6-5-13-26-21)17-7-9-18(22)10-8-17/h5-10,13,19,23H,4,11-12,14H2,1-3H3. The monoisotopic (exact) mass is 355 g/mol. The van der Waals surface area contributed by atoms with Crippen LogP contribution in [0.25, 0.3) is 0 Å². The Bertz CT molecular complexity index is 822. The molecule has 0 aliphatic rings. The number of rotatable bonds is 8. The van der Waals surface area contributed by atoms with Crippen LogP contribution in [0.1, 0.15) is 47.5 Å². The molecule has 0 saturated carbocycles. The molecule has 0 aliphatic heterocycles. The molecule has 1 aromatic carbocycles. The first-order chi connectivity index (χ1) is 12.6. The highest BCUT2D eigenvalue weighted by Crippen LogP contribution is 2.28. The zero-order valence-electron chi connectivity index (χ0n) is 15.6. The number of nitrogens with one attached hydrogen (secondary N) is 1. The van der Waals surface area contributed by atoms with Crippen LogP contribution >= 0.6 is 0 Å². The average Bonchev–Trinajstić information content (AvgIpc) is 3.25. The second-order valence-corrected chi connectivity index (χ2v) is 6.55. The molecule has 1 atom stereocenters. The maximum Gasteiger partial charge on any atom is 0.123 e. The molecule has 0 radical (unpaired) electrons. The molecule has 2 aromatic heterocycles. The first-order valence-electron chi connectivity index (χ1n) is 9.12. The summed E-state index contributed by atoms with van der Waals surface area (Å²) in [5, 5.41) is 8.09. The van der Waals surface area contributed by atoms with Crippen molar-refractivity contribution in [2.24, 2.45) is 0 Å². The van der Waals surface area contributed by atoms with E-state index in [9.17, 15) is 4.39 Å². The van der Waals surface area contributed by atoms with Crippen molar-refractivity contribution in [3.63, 3.8) is 0 Å². The summed E-state index contributed by atoms with van der Waals surface area (Å²) in [4.78, 5) is 0. The van der Waals surface area contributed by atoms with Crippen LogP contribution in [0.5, 0.6) is 0 Å². The molecule has 3 aromatic rings. The first kappa shape index (κ1) is 18.4. The quantitative estimate of drug-likeness (QED) is 0.602. The second kappa shape index (κ2) is 8.32. The third-order valence-electron chi connectivity index (χ3n) is 4.90. The van der Waals surface area contributed by atoms with Crippen LogP contribution in [0.4, 0.5) is 4.39 Å². The van der Waals surface area contributed by atoms with Crippen LogP contribution in [0.3, 0.4) is 0 Å². The van der Waals surface area contributed by atoms with E-state index < -0.39 is 0 Å². The van der Waals surface area contributed by atoms with Crippen LogP contribution < -0.4 is 5.32 Å². The number of aryl methyl sites for hydroxylation is 2. The summed E-state index contributed by atoms with van der Waals surface area (Å²) >= 11 is 0. The summed E-state index contributed by atoms with van der Waals surface area (Å²) < 4.78 is 20.9. The Balaban J connectivity index is 1.64. The molecule has 2 heterocycles. The van der Waals surface area contributed by atoms with Crippen LogP contribution in [0, 0.1) is 19.7 Å². The molecule has 0 saturated heterocycles. The molecule has 1 N–H and O–H groups in total. The molecule has 138 valence electrons. The van der Waals surface area contributed by atoms with Crippen molar-refractivity contribution in [1.29, 1.82) is 0 Å². The molecule has 4 nitrogen and oxygen atoms in total. The fraction of sp³-hybridized carbons (Fsp3) is 0.381. The van der Waals surface area contributed by atoms with Crippen LogP contribution in [0.15, 0.2) is 47.1 Å². The van der Waals surface area contributed by atoms with Crippen molar-refractivity contribution in [3.05, 3.63) is 76.8 Å². The van der Waals surface area contributed by atoms with Gasteiger partial charge in [0.05, 0.1) is 12.0 Å². The normalized spacial score (nSPS) is 12.5. The molecule has 1 unspecified atom stereocenters. The zero-order valence-corrected chi connectivity index (χ0v) is 15.6. The summed E-state index contributed by atoms with van der Waals surface area (Å²) in [6, 6.07) is 10.6. The molecule has 3 rings (SSSR count). The van der Waals surface area contributed by atoms with E-state index in [2.05, 4.69) is 31.2 Å². The molecule has 0 bridgehead atoms. The third-order valence-corrected chi connectivity index (χ3v) is 4.90. The van der Waals surface area contributed by atoms with Gasteiger partial charge in [-0.05, 0) is 63.6 Å². The summed E-state index contributed by atoms with van der Waals surface area (Å²) in [5.74, 6) is 0.798. The minimum Gasteiger partial charge on any atom is -0.469 e. The number of halogens is 1. The van der Waals surface area contributed by atoms with Gasteiger partial charge in [-0.1, -0.05) is 12.1 Å². The number of nitrogens with zero attached hydrogens (tertiary/aromatic N) is 2. The van der Waals surface area contributed by atoms with E-state index >= 15 is 0 Å². The van der Waals surface area contributed by atoms with Crippen molar-refractivity contribution >= 4 is 0 Å². The smallest absolute Gasteiger partial charge is 0.123 e. The molecule has 0 aliphatic carbocycles. The lowest BCUT2D eigenvalue weighted by Crippen LogP contribution is -2.18. The fourth-order valence-corrected chi connectivity index (χ4v) is 3.42. The van der Waals surface area contributed by atoms with Crippen LogP contribution in [-0.2, 0) is 13.1 Å². The van der Waals surface area contributed by atoms with Gasteiger partial charge in [-0.3, -0.25) is 4.68 Å².